The largest absolute Gasteiger partial charge is 0.385 e. The molecule has 0 bridgehead atoms. The normalized spacial score (nSPS) is 14.6. The first-order valence-electron chi connectivity index (χ1n) is 4.76. The topological polar surface area (TPSA) is 54.4 Å². The van der Waals surface area contributed by atoms with Gasteiger partial charge in [-0.15, -0.1) is 0 Å². The molecule has 0 fully saturated rings. The molecule has 0 saturated heterocycles. The van der Waals surface area contributed by atoms with E-state index in [1.807, 2.05) is 0 Å². The minimum Gasteiger partial charge on any atom is -0.385 e. The molecule has 1 N–H and O–H groups in total. The molecule has 0 aromatic heterocycles. The quantitative estimate of drug-likeness (QED) is 0.781. The Bertz CT molecular complexity index is 485. The smallest absolute Gasteiger partial charge is 0.210 e. The van der Waals surface area contributed by atoms with Crippen LogP contribution in [0.5, 0.6) is 0 Å². The van der Waals surface area contributed by atoms with Gasteiger partial charge in [0.2, 0.25) is 2.57 Å². The summed E-state index contributed by atoms with van der Waals surface area (Å²) >= 11 is 11.8. The molecule has 0 amide bonds. The molecule has 96 valence electrons. The first-order valence-corrected chi connectivity index (χ1v) is 8.37. The fraction of sp³-hybridized carbons (Fsp3) is 0.400. The van der Waals surface area contributed by atoms with Crippen LogP contribution in [0.1, 0.15) is 18.6 Å². The molecule has 0 radical (unpaired) electrons. The number of hydrogen-bond donors (Lipinski definition) is 1. The summed E-state index contributed by atoms with van der Waals surface area (Å²) in [6.07, 6.45) is -1.23. The number of benzene rings is 1. The fourth-order valence-electron chi connectivity index (χ4n) is 1.20. The molecular weight excluding hydrogens is 395 g/mol. The van der Waals surface area contributed by atoms with Crippen LogP contribution in [0.4, 0.5) is 0 Å². The van der Waals surface area contributed by atoms with Gasteiger partial charge in [-0.3, -0.25) is 0 Å². The third-order valence-electron chi connectivity index (χ3n) is 2.30. The van der Waals surface area contributed by atoms with Crippen molar-refractivity contribution in [1.29, 1.82) is 0 Å². The van der Waals surface area contributed by atoms with Crippen molar-refractivity contribution in [3.63, 3.8) is 0 Å². The monoisotopic (exact) mass is 404 g/mol. The first-order chi connectivity index (χ1) is 7.72. The standard InChI is InChI=1S/C10H11Br2ClO3S/c1-2-17(15,16)10(11,12)9(14)7-3-5-8(13)6-4-7/h3-6,9,14H,2H2,1H3/t9-/m1/s1. The van der Waals surface area contributed by atoms with E-state index in [1.54, 1.807) is 24.3 Å². The zero-order valence-corrected chi connectivity index (χ0v) is 13.6. The molecule has 1 rings (SSSR count). The van der Waals surface area contributed by atoms with E-state index < -0.39 is 18.5 Å². The Morgan fingerprint density at radius 3 is 2.24 bits per heavy atom. The Labute approximate surface area is 122 Å². The van der Waals surface area contributed by atoms with Crippen molar-refractivity contribution in [3.05, 3.63) is 34.9 Å². The summed E-state index contributed by atoms with van der Waals surface area (Å²) in [7, 11) is -3.50. The molecule has 1 atom stereocenters. The van der Waals surface area contributed by atoms with Crippen molar-refractivity contribution < 1.29 is 13.5 Å². The lowest BCUT2D eigenvalue weighted by molar-refractivity contribution is 0.189. The summed E-state index contributed by atoms with van der Waals surface area (Å²) in [5.74, 6) is -0.0891. The van der Waals surface area contributed by atoms with Crippen LogP contribution in [0.2, 0.25) is 5.02 Å². The molecule has 3 nitrogen and oxygen atoms in total. The lowest BCUT2D eigenvalue weighted by atomic mass is 10.1. The third-order valence-corrected chi connectivity index (χ3v) is 8.19. The second kappa shape index (κ2) is 5.57. The second-order valence-corrected chi connectivity index (χ2v) is 10.9. The molecule has 0 aliphatic heterocycles. The Morgan fingerprint density at radius 2 is 1.82 bits per heavy atom. The predicted octanol–water partition coefficient (Wildman–Crippen LogP) is 3.25. The Hall–Kier alpha value is 0.380. The Balaban J connectivity index is 3.12. The van der Waals surface area contributed by atoms with Gasteiger partial charge >= 0.3 is 0 Å². The molecule has 0 spiro atoms. The molecule has 0 unspecified atom stereocenters. The summed E-state index contributed by atoms with van der Waals surface area (Å²) in [5, 5.41) is 10.6. The van der Waals surface area contributed by atoms with E-state index in [0.717, 1.165) is 0 Å². The van der Waals surface area contributed by atoms with Crippen molar-refractivity contribution in [2.24, 2.45) is 0 Å². The molecule has 0 saturated carbocycles. The van der Waals surface area contributed by atoms with Crippen LogP contribution in [-0.2, 0) is 9.84 Å². The SMILES string of the molecule is CCS(=O)(=O)C(Br)(Br)[C@H](O)c1ccc(Cl)cc1. The van der Waals surface area contributed by atoms with Crippen LogP contribution in [0.25, 0.3) is 0 Å². The molecule has 17 heavy (non-hydrogen) atoms. The van der Waals surface area contributed by atoms with Gasteiger partial charge in [-0.25, -0.2) is 8.42 Å². The van der Waals surface area contributed by atoms with Gasteiger partial charge in [0.1, 0.15) is 6.10 Å². The van der Waals surface area contributed by atoms with E-state index in [4.69, 9.17) is 11.6 Å². The number of rotatable bonds is 4. The van der Waals surface area contributed by atoms with E-state index in [2.05, 4.69) is 31.9 Å². The van der Waals surface area contributed by atoms with Crippen LogP contribution < -0.4 is 0 Å². The maximum Gasteiger partial charge on any atom is 0.210 e. The van der Waals surface area contributed by atoms with Gasteiger partial charge in [0, 0.05) is 10.8 Å². The van der Waals surface area contributed by atoms with Crippen LogP contribution in [0, 0.1) is 0 Å². The van der Waals surface area contributed by atoms with Crippen LogP contribution in [0.15, 0.2) is 24.3 Å². The van der Waals surface area contributed by atoms with Crippen molar-refractivity contribution in [2.45, 2.75) is 15.6 Å². The maximum absolute atomic E-state index is 11.8. The van der Waals surface area contributed by atoms with Gasteiger partial charge in [0.15, 0.2) is 9.84 Å². The van der Waals surface area contributed by atoms with Gasteiger partial charge in [-0.2, -0.15) is 0 Å². The minimum absolute atomic E-state index is 0.0891. The Morgan fingerprint density at radius 1 is 1.35 bits per heavy atom. The molecule has 7 heteroatoms. The lowest BCUT2D eigenvalue weighted by Crippen LogP contribution is -2.33. The predicted molar refractivity (Wildman–Crippen MR) is 76.5 cm³/mol. The van der Waals surface area contributed by atoms with Crippen LogP contribution >= 0.6 is 43.5 Å². The summed E-state index contributed by atoms with van der Waals surface area (Å²) in [4.78, 5) is 0. The molecular formula is C10H11Br2ClO3S. The van der Waals surface area contributed by atoms with Crippen molar-refractivity contribution in [1.82, 2.24) is 0 Å². The van der Waals surface area contributed by atoms with Gasteiger partial charge in [-0.05, 0) is 17.7 Å². The molecule has 0 aliphatic carbocycles. The maximum atomic E-state index is 11.8. The van der Waals surface area contributed by atoms with Gasteiger partial charge < -0.3 is 5.11 Å². The van der Waals surface area contributed by atoms with E-state index >= 15 is 0 Å². The molecule has 1 aromatic carbocycles. The van der Waals surface area contributed by atoms with Crippen molar-refractivity contribution in [2.75, 3.05) is 5.75 Å². The van der Waals surface area contributed by atoms with Gasteiger partial charge in [-0.1, -0.05) is 62.5 Å². The highest BCUT2D eigenvalue weighted by molar-refractivity contribution is 9.28. The number of aliphatic hydroxyl groups is 1. The van der Waals surface area contributed by atoms with Gasteiger partial charge in [0.25, 0.3) is 0 Å². The summed E-state index contributed by atoms with van der Waals surface area (Å²) in [6.45, 7) is 1.52. The number of hydrogen-bond acceptors (Lipinski definition) is 3. The molecule has 1 aromatic rings. The van der Waals surface area contributed by atoms with E-state index in [0.29, 0.717) is 10.6 Å². The molecule has 0 aliphatic rings. The van der Waals surface area contributed by atoms with Crippen molar-refractivity contribution in [3.8, 4) is 0 Å². The zero-order valence-electron chi connectivity index (χ0n) is 8.90. The third kappa shape index (κ3) is 3.23. The minimum atomic E-state index is -3.50. The highest BCUT2D eigenvalue weighted by atomic mass is 79.9. The average molecular weight is 407 g/mol. The van der Waals surface area contributed by atoms with Gasteiger partial charge in [0.05, 0.1) is 0 Å². The van der Waals surface area contributed by atoms with Crippen LogP contribution in [-0.4, -0.2) is 21.8 Å². The average Bonchev–Trinajstić information content (AvgIpc) is 2.28. The summed E-state index contributed by atoms with van der Waals surface area (Å²) < 4.78 is 22.1. The number of aliphatic hydroxyl groups excluding tert-OH is 1. The zero-order chi connectivity index (χ0) is 13.3. The van der Waals surface area contributed by atoms with E-state index in [9.17, 15) is 13.5 Å². The highest BCUT2D eigenvalue weighted by Gasteiger charge is 2.45. The van der Waals surface area contributed by atoms with Crippen molar-refractivity contribution >= 4 is 53.3 Å². The number of halogens is 3. The lowest BCUT2D eigenvalue weighted by Gasteiger charge is -2.26. The number of sulfone groups is 1. The summed E-state index contributed by atoms with van der Waals surface area (Å²) in [6, 6.07) is 6.34. The van der Waals surface area contributed by atoms with E-state index in [1.165, 1.54) is 6.92 Å². The second-order valence-electron chi connectivity index (χ2n) is 3.42. The summed E-state index contributed by atoms with van der Waals surface area (Å²) in [5.41, 5.74) is 0.458. The fourth-order valence-corrected chi connectivity index (χ4v) is 4.09. The first kappa shape index (κ1) is 15.4. The number of alkyl halides is 2. The van der Waals surface area contributed by atoms with Crippen LogP contribution in [0.3, 0.4) is 0 Å². The molecule has 0 heterocycles. The highest BCUT2D eigenvalue weighted by Crippen LogP contribution is 2.44. The van der Waals surface area contributed by atoms with E-state index in [-0.39, 0.29) is 5.75 Å². The Kier molecular flexibility index (Phi) is 5.06.